The predicted molar refractivity (Wildman–Crippen MR) is 145 cm³/mol. The molecule has 0 unspecified atom stereocenters. The number of benzene rings is 3. The third-order valence-electron chi connectivity index (χ3n) is 6.47. The first kappa shape index (κ1) is 24.9. The van der Waals surface area contributed by atoms with E-state index in [1.165, 1.54) is 5.39 Å². The van der Waals surface area contributed by atoms with Crippen LogP contribution in [-0.2, 0) is 33.9 Å². The molecule has 0 atom stereocenters. The first-order valence-electron chi connectivity index (χ1n) is 12.3. The molecule has 3 aromatic heterocycles. The van der Waals surface area contributed by atoms with Crippen molar-refractivity contribution in [2.45, 2.75) is 26.7 Å². The summed E-state index contributed by atoms with van der Waals surface area (Å²) >= 11 is 0. The zero-order chi connectivity index (χ0) is 24.5. The van der Waals surface area contributed by atoms with E-state index >= 15 is 0 Å². The Morgan fingerprint density at radius 3 is 2.41 bits per heavy atom. The molecule has 4 nitrogen and oxygen atoms in total. The minimum absolute atomic E-state index is 0. The molecule has 0 aliphatic rings. The number of aryl methyl sites for hydroxylation is 2. The normalized spacial score (nSPS) is 11.0. The van der Waals surface area contributed by atoms with E-state index in [1.54, 1.807) is 0 Å². The summed E-state index contributed by atoms with van der Waals surface area (Å²) in [4.78, 5) is 9.33. The number of nitrogens with zero attached hydrogens (tertiary/aromatic N) is 3. The first-order valence-corrected chi connectivity index (χ1v) is 12.3. The number of hydrogen-bond acceptors (Lipinski definition) is 3. The third-order valence-corrected chi connectivity index (χ3v) is 6.47. The van der Waals surface area contributed by atoms with Crippen molar-refractivity contribution in [2.75, 3.05) is 0 Å². The quantitative estimate of drug-likeness (QED) is 0.171. The number of aromatic nitrogens is 3. The molecule has 6 rings (SSSR count). The molecule has 5 heteroatoms. The van der Waals surface area contributed by atoms with Gasteiger partial charge in [0.15, 0.2) is 0 Å². The number of fused-ring (bicyclic) bond motifs is 3. The summed E-state index contributed by atoms with van der Waals surface area (Å²) in [6.07, 6.45) is 3.54. The summed E-state index contributed by atoms with van der Waals surface area (Å²) in [5.74, 6) is 2.16. The molecule has 0 saturated heterocycles. The van der Waals surface area contributed by atoms with Crippen LogP contribution in [0, 0.1) is 12.1 Å². The van der Waals surface area contributed by atoms with E-state index in [1.807, 2.05) is 42.6 Å². The van der Waals surface area contributed by atoms with Gasteiger partial charge in [0, 0.05) is 28.7 Å². The Kier molecular flexibility index (Phi) is 7.21. The van der Waals surface area contributed by atoms with E-state index in [0.717, 1.165) is 57.5 Å². The maximum absolute atomic E-state index is 6.24. The fraction of sp³-hybridized carbons (Fsp3) is 0.125. The molecule has 3 heterocycles. The van der Waals surface area contributed by atoms with Gasteiger partial charge in [-0.1, -0.05) is 49.6 Å². The molecule has 0 aliphatic carbocycles. The Labute approximate surface area is 231 Å². The van der Waals surface area contributed by atoms with Crippen molar-refractivity contribution in [1.82, 2.24) is 14.5 Å². The summed E-state index contributed by atoms with van der Waals surface area (Å²) < 4.78 is 8.41. The van der Waals surface area contributed by atoms with Gasteiger partial charge in [0.1, 0.15) is 5.82 Å². The second-order valence-corrected chi connectivity index (χ2v) is 8.68. The number of rotatable bonds is 6. The fourth-order valence-electron chi connectivity index (χ4n) is 4.60. The van der Waals surface area contributed by atoms with Gasteiger partial charge in [-0.3, -0.25) is 0 Å². The van der Waals surface area contributed by atoms with Gasteiger partial charge in [-0.15, -0.1) is 18.2 Å². The average Bonchev–Trinajstić information content (AvgIpc) is 3.27. The Morgan fingerprint density at radius 2 is 1.59 bits per heavy atom. The van der Waals surface area contributed by atoms with Gasteiger partial charge in [-0.2, -0.15) is 24.3 Å². The molecule has 184 valence electrons. The summed E-state index contributed by atoms with van der Waals surface area (Å²) in [5, 5.41) is 2.32. The van der Waals surface area contributed by atoms with E-state index in [4.69, 9.17) is 9.72 Å². The smallest absolute Gasteiger partial charge is 0.460 e. The predicted octanol–water partition coefficient (Wildman–Crippen LogP) is 7.76. The molecule has 0 radical (unpaired) electrons. The van der Waals surface area contributed by atoms with E-state index in [-0.39, 0.29) is 21.1 Å². The summed E-state index contributed by atoms with van der Waals surface area (Å²) in [5.41, 5.74) is 6.04. The minimum atomic E-state index is 0. The van der Waals surface area contributed by atoms with Crippen molar-refractivity contribution in [3.05, 3.63) is 115 Å². The van der Waals surface area contributed by atoms with E-state index in [2.05, 4.69) is 84.1 Å². The molecule has 0 saturated carbocycles. The topological polar surface area (TPSA) is 39.9 Å². The molecular weight excluding hydrogens is 637 g/mol. The van der Waals surface area contributed by atoms with Crippen LogP contribution >= 0.6 is 0 Å². The Morgan fingerprint density at radius 1 is 0.757 bits per heavy atom. The number of hydrogen-bond donors (Lipinski definition) is 0. The second kappa shape index (κ2) is 10.7. The number of para-hydroxylation sites is 1. The standard InChI is InChI=1S/C32H25N3O.Pt/c1-3-22-15-17-25(4-2)34-32(22)36-26-11-9-10-23(20-26)24-16-18-28-27-12-5-6-13-29(27)35(30(28)21-24)31-14-7-8-19-33-31;/h5-19H,3-4H2,1-2H3;/q-2;+2. The SMILES string of the molecule is CCc1ccc(CC)c(Oc2[c-]c(-c3[c-]c4c(cc3)c3ccccc3n4-c3ccccn3)ccc2)n1.[Pt+2]. The van der Waals surface area contributed by atoms with E-state index in [0.29, 0.717) is 11.6 Å². The van der Waals surface area contributed by atoms with Crippen LogP contribution in [-0.4, -0.2) is 14.5 Å². The number of ether oxygens (including phenoxy) is 1. The second-order valence-electron chi connectivity index (χ2n) is 8.68. The van der Waals surface area contributed by atoms with Crippen LogP contribution < -0.4 is 4.74 Å². The van der Waals surface area contributed by atoms with Crippen molar-refractivity contribution in [3.8, 4) is 28.6 Å². The molecule has 37 heavy (non-hydrogen) atoms. The van der Waals surface area contributed by atoms with Gasteiger partial charge in [0.2, 0.25) is 5.88 Å². The zero-order valence-electron chi connectivity index (χ0n) is 20.6. The first-order chi connectivity index (χ1) is 17.7. The Bertz CT molecular complexity index is 1690. The van der Waals surface area contributed by atoms with E-state index < -0.39 is 0 Å². The van der Waals surface area contributed by atoms with Crippen LogP contribution in [0.1, 0.15) is 25.1 Å². The average molecular weight is 663 g/mol. The van der Waals surface area contributed by atoms with Gasteiger partial charge in [-0.05, 0) is 48.0 Å². The number of pyridine rings is 2. The van der Waals surface area contributed by atoms with Crippen molar-refractivity contribution in [1.29, 1.82) is 0 Å². The van der Waals surface area contributed by atoms with E-state index in [9.17, 15) is 0 Å². The maximum atomic E-state index is 6.24. The van der Waals surface area contributed by atoms with Crippen LogP contribution in [0.3, 0.4) is 0 Å². The van der Waals surface area contributed by atoms with Gasteiger partial charge in [0.25, 0.3) is 0 Å². The Hall–Kier alpha value is -3.75. The molecule has 3 aromatic carbocycles. The van der Waals surface area contributed by atoms with Gasteiger partial charge in [0.05, 0.1) is 0 Å². The largest absolute Gasteiger partial charge is 2.00 e. The molecule has 0 spiro atoms. The van der Waals surface area contributed by atoms with Crippen molar-refractivity contribution < 1.29 is 25.8 Å². The molecule has 0 bridgehead atoms. The van der Waals surface area contributed by atoms with Crippen LogP contribution in [0.15, 0.2) is 91.1 Å². The van der Waals surface area contributed by atoms with Crippen LogP contribution in [0.25, 0.3) is 38.8 Å². The molecule has 0 aliphatic heterocycles. The molecule has 0 amide bonds. The van der Waals surface area contributed by atoms with Crippen molar-refractivity contribution >= 4 is 21.8 Å². The third kappa shape index (κ3) is 4.70. The van der Waals surface area contributed by atoms with Crippen LogP contribution in [0.4, 0.5) is 0 Å². The molecule has 6 aromatic rings. The minimum Gasteiger partial charge on any atom is -0.460 e. The molecular formula is C32H25N3OPt. The molecule has 0 fully saturated rings. The maximum Gasteiger partial charge on any atom is 2.00 e. The van der Waals surface area contributed by atoms with Gasteiger partial charge in [-0.25, -0.2) is 21.1 Å². The van der Waals surface area contributed by atoms with Crippen molar-refractivity contribution in [2.24, 2.45) is 0 Å². The fourth-order valence-corrected chi connectivity index (χ4v) is 4.60. The van der Waals surface area contributed by atoms with Gasteiger partial charge < -0.3 is 9.30 Å². The Balaban J connectivity index is 0.00000280. The molecule has 0 N–H and O–H groups in total. The van der Waals surface area contributed by atoms with Crippen LogP contribution in [0.5, 0.6) is 11.6 Å². The monoisotopic (exact) mass is 662 g/mol. The summed E-state index contributed by atoms with van der Waals surface area (Å²) in [6, 6.07) is 35.8. The summed E-state index contributed by atoms with van der Waals surface area (Å²) in [6.45, 7) is 4.21. The van der Waals surface area contributed by atoms with Crippen LogP contribution in [0.2, 0.25) is 0 Å². The van der Waals surface area contributed by atoms with Crippen molar-refractivity contribution in [3.63, 3.8) is 0 Å². The van der Waals surface area contributed by atoms with Gasteiger partial charge >= 0.3 is 21.1 Å². The summed E-state index contributed by atoms with van der Waals surface area (Å²) in [7, 11) is 0. The zero-order valence-corrected chi connectivity index (χ0v) is 22.9.